The molecule has 2 fully saturated rings. The third-order valence-corrected chi connectivity index (χ3v) is 5.63. The van der Waals surface area contributed by atoms with Gasteiger partial charge < -0.3 is 10.1 Å². The summed E-state index contributed by atoms with van der Waals surface area (Å²) in [5.41, 5.74) is 0.118. The molecule has 1 saturated heterocycles. The van der Waals surface area contributed by atoms with Crippen molar-refractivity contribution in [3.8, 4) is 0 Å². The van der Waals surface area contributed by atoms with Gasteiger partial charge in [-0.1, -0.05) is 6.92 Å². The number of nitrogens with one attached hydrogen (secondary N) is 1. The zero-order valence-corrected chi connectivity index (χ0v) is 12.3. The standard InChI is InChI=1S/C14H27NOS/c1-4-14(2)10-12(7-8-16-14)15-11-5-6-13(9-11)17-3/h11-13,15H,4-10H2,1-3H3. The molecular formula is C14H27NOS. The zero-order valence-electron chi connectivity index (χ0n) is 11.5. The minimum absolute atomic E-state index is 0.118. The summed E-state index contributed by atoms with van der Waals surface area (Å²) < 4.78 is 5.91. The van der Waals surface area contributed by atoms with Gasteiger partial charge in [0.15, 0.2) is 0 Å². The lowest BCUT2D eigenvalue weighted by Gasteiger charge is -2.39. The molecule has 100 valence electrons. The molecule has 0 aromatic rings. The minimum atomic E-state index is 0.118. The van der Waals surface area contributed by atoms with Crippen LogP contribution in [-0.4, -0.2) is 35.8 Å². The Morgan fingerprint density at radius 3 is 2.76 bits per heavy atom. The lowest BCUT2D eigenvalue weighted by Crippen LogP contribution is -2.47. The highest BCUT2D eigenvalue weighted by molar-refractivity contribution is 7.99. The summed E-state index contributed by atoms with van der Waals surface area (Å²) in [7, 11) is 0. The highest BCUT2D eigenvalue weighted by Crippen LogP contribution is 2.31. The van der Waals surface area contributed by atoms with Crippen LogP contribution in [0.1, 0.15) is 52.4 Å². The van der Waals surface area contributed by atoms with E-state index in [-0.39, 0.29) is 5.60 Å². The van der Waals surface area contributed by atoms with Crippen molar-refractivity contribution in [2.24, 2.45) is 0 Å². The Bertz CT molecular complexity index is 248. The first-order valence-electron chi connectivity index (χ1n) is 7.08. The first-order valence-corrected chi connectivity index (χ1v) is 8.37. The molecule has 2 rings (SSSR count). The molecular weight excluding hydrogens is 230 g/mol. The largest absolute Gasteiger partial charge is 0.375 e. The van der Waals surface area contributed by atoms with Crippen molar-refractivity contribution in [2.45, 2.75) is 75.3 Å². The Balaban J connectivity index is 1.79. The van der Waals surface area contributed by atoms with Crippen LogP contribution < -0.4 is 5.32 Å². The Morgan fingerprint density at radius 1 is 1.29 bits per heavy atom. The number of hydrogen-bond acceptors (Lipinski definition) is 3. The van der Waals surface area contributed by atoms with Crippen molar-refractivity contribution in [3.63, 3.8) is 0 Å². The normalized spacial score (nSPS) is 42.9. The van der Waals surface area contributed by atoms with Crippen LogP contribution in [-0.2, 0) is 4.74 Å². The highest BCUT2D eigenvalue weighted by atomic mass is 32.2. The topological polar surface area (TPSA) is 21.3 Å². The van der Waals surface area contributed by atoms with Crippen molar-refractivity contribution in [1.82, 2.24) is 5.32 Å². The maximum atomic E-state index is 5.91. The van der Waals surface area contributed by atoms with Gasteiger partial charge in [0.05, 0.1) is 5.60 Å². The van der Waals surface area contributed by atoms with Crippen LogP contribution in [0, 0.1) is 0 Å². The monoisotopic (exact) mass is 257 g/mol. The quantitative estimate of drug-likeness (QED) is 0.835. The zero-order chi connectivity index (χ0) is 12.3. The fourth-order valence-corrected chi connectivity index (χ4v) is 3.95. The van der Waals surface area contributed by atoms with E-state index >= 15 is 0 Å². The van der Waals surface area contributed by atoms with E-state index in [0.29, 0.717) is 6.04 Å². The molecule has 1 aliphatic heterocycles. The highest BCUT2D eigenvalue weighted by Gasteiger charge is 2.33. The second kappa shape index (κ2) is 5.94. The average Bonchev–Trinajstić information content (AvgIpc) is 2.77. The van der Waals surface area contributed by atoms with E-state index < -0.39 is 0 Å². The van der Waals surface area contributed by atoms with Gasteiger partial charge in [-0.3, -0.25) is 0 Å². The fourth-order valence-electron chi connectivity index (χ4n) is 3.16. The SMILES string of the molecule is CCC1(C)CC(NC2CCC(SC)C2)CCO1. The van der Waals surface area contributed by atoms with Crippen LogP contribution in [0.4, 0.5) is 0 Å². The number of thioether (sulfide) groups is 1. The summed E-state index contributed by atoms with van der Waals surface area (Å²) in [6.07, 6.45) is 9.87. The Morgan fingerprint density at radius 2 is 2.12 bits per heavy atom. The van der Waals surface area contributed by atoms with E-state index in [0.717, 1.165) is 24.3 Å². The van der Waals surface area contributed by atoms with Crippen LogP contribution >= 0.6 is 11.8 Å². The summed E-state index contributed by atoms with van der Waals surface area (Å²) in [4.78, 5) is 0. The molecule has 3 heteroatoms. The minimum Gasteiger partial charge on any atom is -0.375 e. The van der Waals surface area contributed by atoms with E-state index in [4.69, 9.17) is 4.74 Å². The van der Waals surface area contributed by atoms with Crippen molar-refractivity contribution >= 4 is 11.8 Å². The van der Waals surface area contributed by atoms with E-state index in [1.165, 1.54) is 32.1 Å². The molecule has 17 heavy (non-hydrogen) atoms. The molecule has 1 aliphatic carbocycles. The van der Waals surface area contributed by atoms with E-state index in [9.17, 15) is 0 Å². The van der Waals surface area contributed by atoms with Crippen molar-refractivity contribution in [3.05, 3.63) is 0 Å². The lowest BCUT2D eigenvalue weighted by molar-refractivity contribution is -0.0790. The first-order chi connectivity index (χ1) is 8.15. The molecule has 1 heterocycles. The third kappa shape index (κ3) is 3.62. The predicted octanol–water partition coefficient (Wildman–Crippen LogP) is 3.21. The Kier molecular flexibility index (Phi) is 4.79. The molecule has 0 aromatic carbocycles. The van der Waals surface area contributed by atoms with Crippen LogP contribution in [0.5, 0.6) is 0 Å². The fraction of sp³-hybridized carbons (Fsp3) is 1.00. The lowest BCUT2D eigenvalue weighted by atomic mass is 9.89. The Labute approximate surface area is 110 Å². The molecule has 0 bridgehead atoms. The van der Waals surface area contributed by atoms with Crippen molar-refractivity contribution < 1.29 is 4.74 Å². The maximum absolute atomic E-state index is 5.91. The van der Waals surface area contributed by atoms with E-state index in [2.05, 4.69) is 25.4 Å². The van der Waals surface area contributed by atoms with E-state index in [1.807, 2.05) is 11.8 Å². The first kappa shape index (κ1) is 13.7. The van der Waals surface area contributed by atoms with Gasteiger partial charge in [-0.25, -0.2) is 0 Å². The molecule has 2 aliphatic rings. The number of ether oxygens (including phenoxy) is 1. The summed E-state index contributed by atoms with van der Waals surface area (Å²) in [5.74, 6) is 0. The summed E-state index contributed by atoms with van der Waals surface area (Å²) >= 11 is 2.04. The molecule has 2 nitrogen and oxygen atoms in total. The van der Waals surface area contributed by atoms with Gasteiger partial charge in [-0.15, -0.1) is 0 Å². The second-order valence-corrected chi connectivity index (χ2v) is 7.01. The van der Waals surface area contributed by atoms with Gasteiger partial charge in [0.2, 0.25) is 0 Å². The maximum Gasteiger partial charge on any atom is 0.0666 e. The van der Waals surface area contributed by atoms with Crippen molar-refractivity contribution in [2.75, 3.05) is 12.9 Å². The third-order valence-electron chi connectivity index (χ3n) is 4.53. The molecule has 0 radical (unpaired) electrons. The molecule has 1 N–H and O–H groups in total. The number of rotatable bonds is 4. The van der Waals surface area contributed by atoms with Crippen molar-refractivity contribution in [1.29, 1.82) is 0 Å². The smallest absolute Gasteiger partial charge is 0.0666 e. The van der Waals surface area contributed by atoms with Gasteiger partial charge in [-0.05, 0) is 51.7 Å². The van der Waals surface area contributed by atoms with Gasteiger partial charge in [0, 0.05) is 23.9 Å². The molecule has 4 unspecified atom stereocenters. The van der Waals surface area contributed by atoms with Crippen LogP contribution in [0.25, 0.3) is 0 Å². The molecule has 0 amide bonds. The van der Waals surface area contributed by atoms with E-state index in [1.54, 1.807) is 0 Å². The summed E-state index contributed by atoms with van der Waals surface area (Å²) in [5, 5.41) is 4.77. The van der Waals surface area contributed by atoms with Gasteiger partial charge >= 0.3 is 0 Å². The van der Waals surface area contributed by atoms with Crippen LogP contribution in [0.15, 0.2) is 0 Å². The Hall–Kier alpha value is 0.270. The van der Waals surface area contributed by atoms with Crippen LogP contribution in [0.2, 0.25) is 0 Å². The summed E-state index contributed by atoms with van der Waals surface area (Å²) in [6, 6.07) is 1.44. The molecule has 0 spiro atoms. The summed E-state index contributed by atoms with van der Waals surface area (Å²) in [6.45, 7) is 5.43. The van der Waals surface area contributed by atoms with Crippen LogP contribution in [0.3, 0.4) is 0 Å². The molecule has 0 aromatic heterocycles. The average molecular weight is 257 g/mol. The van der Waals surface area contributed by atoms with Gasteiger partial charge in [-0.2, -0.15) is 11.8 Å². The van der Waals surface area contributed by atoms with Gasteiger partial charge in [0.25, 0.3) is 0 Å². The van der Waals surface area contributed by atoms with Gasteiger partial charge in [0.1, 0.15) is 0 Å². The number of hydrogen-bond donors (Lipinski definition) is 1. The second-order valence-electron chi connectivity index (χ2n) is 5.88. The predicted molar refractivity (Wildman–Crippen MR) is 75.7 cm³/mol. The molecule has 4 atom stereocenters. The molecule has 1 saturated carbocycles.